The monoisotopic (exact) mass is 253 g/mol. The number of carbonyl (C=O) groups excluding carboxylic acids is 1. The molecule has 3 nitrogen and oxygen atoms in total. The summed E-state index contributed by atoms with van der Waals surface area (Å²) in [5, 5.41) is 4.15. The van der Waals surface area contributed by atoms with Crippen molar-refractivity contribution in [1.82, 2.24) is 5.16 Å². The largest absolute Gasteiger partial charge is 0.354 e. The number of hydrogen-bond acceptors (Lipinski definition) is 5. The quantitative estimate of drug-likeness (QED) is 0.771. The lowest BCUT2D eigenvalue weighted by Gasteiger charge is -2.01. The van der Waals surface area contributed by atoms with Gasteiger partial charge in [0, 0.05) is 16.5 Å². The van der Waals surface area contributed by atoms with Gasteiger partial charge >= 0.3 is 0 Å². The van der Waals surface area contributed by atoms with Crippen LogP contribution in [0.4, 0.5) is 0 Å². The molecule has 16 heavy (non-hydrogen) atoms. The second-order valence-electron chi connectivity index (χ2n) is 3.98. The average Bonchev–Trinajstić information content (AvgIpc) is 2.92. The maximum Gasteiger partial charge on any atom is 0.188 e. The van der Waals surface area contributed by atoms with Gasteiger partial charge in [0.1, 0.15) is 5.69 Å². The summed E-state index contributed by atoms with van der Waals surface area (Å²) < 4.78 is 6.40. The van der Waals surface area contributed by atoms with E-state index in [0.717, 1.165) is 27.3 Å². The highest BCUT2D eigenvalue weighted by Crippen LogP contribution is 2.40. The lowest BCUT2D eigenvalue weighted by molar-refractivity contribution is 0.112. The van der Waals surface area contributed by atoms with Crippen molar-refractivity contribution in [3.8, 4) is 0 Å². The summed E-state index contributed by atoms with van der Waals surface area (Å²) in [6.45, 7) is 1.96. The summed E-state index contributed by atoms with van der Waals surface area (Å²) >= 11 is 3.59. The standard InChI is InChI=1S/C11H11NO2S2/c1-6-8(4-13)10-11(16-6)9(12-14-10)7-2-3-15-5-7/h4,7H,2-3,5H2,1H3. The molecule has 1 aliphatic heterocycles. The molecule has 5 heteroatoms. The molecule has 3 heterocycles. The highest BCUT2D eigenvalue weighted by atomic mass is 32.2. The van der Waals surface area contributed by atoms with Crippen LogP contribution in [0.2, 0.25) is 0 Å². The fraction of sp³-hybridized carbons (Fsp3) is 0.455. The third-order valence-corrected chi connectivity index (χ3v) is 5.27. The Morgan fingerprint density at radius 1 is 1.56 bits per heavy atom. The molecular weight excluding hydrogens is 242 g/mol. The van der Waals surface area contributed by atoms with Crippen molar-refractivity contribution in [2.75, 3.05) is 11.5 Å². The van der Waals surface area contributed by atoms with E-state index >= 15 is 0 Å². The van der Waals surface area contributed by atoms with Crippen LogP contribution in [-0.4, -0.2) is 22.9 Å². The van der Waals surface area contributed by atoms with Crippen LogP contribution in [0.1, 0.15) is 33.3 Å². The molecule has 0 aromatic carbocycles. The Bertz CT molecular complexity index is 537. The first-order valence-electron chi connectivity index (χ1n) is 5.23. The molecule has 2 aromatic heterocycles. The van der Waals surface area contributed by atoms with Crippen molar-refractivity contribution in [1.29, 1.82) is 0 Å². The zero-order valence-corrected chi connectivity index (χ0v) is 10.5. The van der Waals surface area contributed by atoms with Crippen molar-refractivity contribution in [2.24, 2.45) is 0 Å². The van der Waals surface area contributed by atoms with Crippen molar-refractivity contribution in [3.05, 3.63) is 16.1 Å². The fourth-order valence-electron chi connectivity index (χ4n) is 2.08. The smallest absolute Gasteiger partial charge is 0.188 e. The summed E-state index contributed by atoms with van der Waals surface area (Å²) in [4.78, 5) is 12.0. The van der Waals surface area contributed by atoms with Gasteiger partial charge < -0.3 is 4.52 Å². The highest BCUT2D eigenvalue weighted by molar-refractivity contribution is 7.99. The minimum atomic E-state index is 0.504. The van der Waals surface area contributed by atoms with Crippen LogP contribution in [0.3, 0.4) is 0 Å². The summed E-state index contributed by atoms with van der Waals surface area (Å²) in [7, 11) is 0. The Labute approximate surface area is 101 Å². The third-order valence-electron chi connectivity index (χ3n) is 2.99. The topological polar surface area (TPSA) is 43.1 Å². The van der Waals surface area contributed by atoms with Crippen molar-refractivity contribution < 1.29 is 9.32 Å². The number of aromatic nitrogens is 1. The van der Waals surface area contributed by atoms with Gasteiger partial charge in [0.2, 0.25) is 0 Å². The number of fused-ring (bicyclic) bond motifs is 1. The van der Waals surface area contributed by atoms with Gasteiger partial charge in [-0.05, 0) is 19.1 Å². The molecule has 0 bridgehead atoms. The van der Waals surface area contributed by atoms with E-state index in [4.69, 9.17) is 4.52 Å². The summed E-state index contributed by atoms with van der Waals surface area (Å²) in [5.41, 5.74) is 2.41. The van der Waals surface area contributed by atoms with Crippen LogP contribution in [0.5, 0.6) is 0 Å². The number of hydrogen-bond donors (Lipinski definition) is 0. The van der Waals surface area contributed by atoms with Gasteiger partial charge in [-0.1, -0.05) is 5.16 Å². The Balaban J connectivity index is 2.16. The normalized spacial score (nSPS) is 20.7. The second-order valence-corrected chi connectivity index (χ2v) is 6.35. The number of thioether (sulfide) groups is 1. The van der Waals surface area contributed by atoms with Crippen molar-refractivity contribution >= 4 is 39.7 Å². The molecule has 1 saturated heterocycles. The first-order chi connectivity index (χ1) is 7.81. The second kappa shape index (κ2) is 3.89. The van der Waals surface area contributed by atoms with Gasteiger partial charge in [-0.25, -0.2) is 0 Å². The highest BCUT2D eigenvalue weighted by Gasteiger charge is 2.26. The number of aldehydes is 1. The Hall–Kier alpha value is -0.810. The predicted molar refractivity (Wildman–Crippen MR) is 66.7 cm³/mol. The van der Waals surface area contributed by atoms with Gasteiger partial charge in [0.25, 0.3) is 0 Å². The van der Waals surface area contributed by atoms with Gasteiger partial charge in [0.15, 0.2) is 11.9 Å². The van der Waals surface area contributed by atoms with E-state index in [0.29, 0.717) is 17.1 Å². The van der Waals surface area contributed by atoms with Crippen LogP contribution < -0.4 is 0 Å². The fourth-order valence-corrected chi connectivity index (χ4v) is 4.41. The lowest BCUT2D eigenvalue weighted by atomic mass is 10.1. The number of nitrogens with zero attached hydrogens (tertiary/aromatic N) is 1. The zero-order valence-electron chi connectivity index (χ0n) is 8.86. The summed E-state index contributed by atoms with van der Waals surface area (Å²) in [6.07, 6.45) is 2.03. The van der Waals surface area contributed by atoms with Crippen LogP contribution in [0, 0.1) is 6.92 Å². The number of carbonyl (C=O) groups is 1. The third kappa shape index (κ3) is 1.42. The zero-order chi connectivity index (χ0) is 11.1. The van der Waals surface area contributed by atoms with E-state index in [1.54, 1.807) is 11.3 Å². The van der Waals surface area contributed by atoms with Gasteiger partial charge in [-0.15, -0.1) is 11.3 Å². The Morgan fingerprint density at radius 2 is 2.44 bits per heavy atom. The molecule has 2 aromatic rings. The first kappa shape index (κ1) is 10.4. The van der Waals surface area contributed by atoms with Crippen LogP contribution in [0.15, 0.2) is 4.52 Å². The van der Waals surface area contributed by atoms with E-state index < -0.39 is 0 Å². The molecule has 0 saturated carbocycles. The molecule has 1 unspecified atom stereocenters. The minimum Gasteiger partial charge on any atom is -0.354 e. The maximum atomic E-state index is 10.9. The Kier molecular flexibility index (Phi) is 2.52. The van der Waals surface area contributed by atoms with E-state index in [2.05, 4.69) is 5.16 Å². The van der Waals surface area contributed by atoms with E-state index in [9.17, 15) is 4.79 Å². The molecule has 84 valence electrons. The average molecular weight is 253 g/mol. The summed E-state index contributed by atoms with van der Waals surface area (Å²) in [5.74, 6) is 2.82. The van der Waals surface area contributed by atoms with Crippen LogP contribution in [0.25, 0.3) is 10.3 Å². The predicted octanol–water partition coefficient (Wildman–Crippen LogP) is 3.23. The first-order valence-corrected chi connectivity index (χ1v) is 7.20. The van der Waals surface area contributed by atoms with Crippen molar-refractivity contribution in [3.63, 3.8) is 0 Å². The molecule has 0 aliphatic carbocycles. The van der Waals surface area contributed by atoms with E-state index in [1.807, 2.05) is 18.7 Å². The van der Waals surface area contributed by atoms with Crippen LogP contribution >= 0.6 is 23.1 Å². The maximum absolute atomic E-state index is 10.9. The molecule has 1 fully saturated rings. The SMILES string of the molecule is Cc1sc2c(C3CCSC3)noc2c1C=O. The van der Waals surface area contributed by atoms with Gasteiger partial charge in [-0.2, -0.15) is 11.8 Å². The van der Waals surface area contributed by atoms with Crippen LogP contribution in [-0.2, 0) is 0 Å². The molecule has 0 spiro atoms. The minimum absolute atomic E-state index is 0.504. The molecule has 0 N–H and O–H groups in total. The van der Waals surface area contributed by atoms with Gasteiger partial charge in [-0.3, -0.25) is 4.79 Å². The molecule has 1 aliphatic rings. The number of aryl methyl sites for hydroxylation is 1. The van der Waals surface area contributed by atoms with Crippen molar-refractivity contribution in [2.45, 2.75) is 19.3 Å². The molecule has 3 rings (SSSR count). The van der Waals surface area contributed by atoms with Gasteiger partial charge in [0.05, 0.1) is 10.3 Å². The molecule has 0 radical (unpaired) electrons. The number of thiophene rings is 1. The lowest BCUT2D eigenvalue weighted by Crippen LogP contribution is -1.95. The number of rotatable bonds is 2. The summed E-state index contributed by atoms with van der Waals surface area (Å²) in [6, 6.07) is 0. The van der Waals surface area contributed by atoms with E-state index in [-0.39, 0.29) is 0 Å². The molecule has 0 amide bonds. The Morgan fingerprint density at radius 3 is 3.12 bits per heavy atom. The van der Waals surface area contributed by atoms with E-state index in [1.165, 1.54) is 12.2 Å². The molecule has 1 atom stereocenters. The molecular formula is C11H11NO2S2.